The lowest BCUT2D eigenvalue weighted by Crippen LogP contribution is -1.90. The maximum atomic E-state index is 2.20. The second-order valence-electron chi connectivity index (χ2n) is 2.12. The van der Waals surface area contributed by atoms with Crippen LogP contribution in [-0.2, 0) is 0 Å². The maximum absolute atomic E-state index is 2.20. The van der Waals surface area contributed by atoms with Crippen molar-refractivity contribution < 1.29 is 0 Å². The summed E-state index contributed by atoms with van der Waals surface area (Å²) in [4.78, 5) is 0. The van der Waals surface area contributed by atoms with E-state index in [2.05, 4.69) is 38.8 Å². The van der Waals surface area contributed by atoms with Crippen LogP contribution >= 0.6 is 8.46 Å². The van der Waals surface area contributed by atoms with Gasteiger partial charge >= 0.3 is 0 Å². The zero-order valence-corrected chi connectivity index (χ0v) is 6.81. The number of aryl methyl sites for hydroxylation is 1. The Labute approximate surface area is 58.8 Å². The summed E-state index contributed by atoms with van der Waals surface area (Å²) >= 11 is 0. The van der Waals surface area contributed by atoms with Crippen LogP contribution in [0.15, 0.2) is 24.3 Å². The first-order valence-corrected chi connectivity index (χ1v) is 4.57. The molecule has 0 radical (unpaired) electrons. The zero-order chi connectivity index (χ0) is 6.69. The minimum absolute atomic E-state index is 0.926. The van der Waals surface area contributed by atoms with Gasteiger partial charge in [-0.15, -0.1) is 8.46 Å². The number of benzene rings is 1. The van der Waals surface area contributed by atoms with Crippen LogP contribution in [0.1, 0.15) is 5.56 Å². The van der Waals surface area contributed by atoms with E-state index in [-0.39, 0.29) is 0 Å². The van der Waals surface area contributed by atoms with Crippen LogP contribution in [-0.4, -0.2) is 7.57 Å². The molecule has 1 rings (SSSR count). The summed E-state index contributed by atoms with van der Waals surface area (Å²) in [6.45, 7) is 2.11. The summed E-state index contributed by atoms with van der Waals surface area (Å²) in [5, 5.41) is 1.45. The van der Waals surface area contributed by atoms with E-state index in [1.54, 1.807) is 0 Å². The third-order valence-electron chi connectivity index (χ3n) is 1.34. The van der Waals surface area contributed by atoms with Crippen molar-refractivity contribution >= 4 is 21.3 Å². The molecule has 0 saturated carbocycles. The molecule has 0 saturated heterocycles. The molecule has 0 nitrogen and oxygen atoms in total. The molecule has 0 amide bonds. The van der Waals surface area contributed by atoms with E-state index in [4.69, 9.17) is 0 Å². The van der Waals surface area contributed by atoms with Gasteiger partial charge in [0.1, 0.15) is 7.57 Å². The third-order valence-corrected chi connectivity index (χ3v) is 2.25. The molecular weight excluding hydrogens is 126 g/mol. The second-order valence-corrected chi connectivity index (χ2v) is 3.19. The first kappa shape index (κ1) is 6.83. The smallest absolute Gasteiger partial charge is 0.133 e. The fourth-order valence-corrected chi connectivity index (χ4v) is 1.22. The molecule has 1 aromatic carbocycles. The molecule has 0 aliphatic carbocycles. The van der Waals surface area contributed by atoms with Gasteiger partial charge in [-0.2, -0.15) is 0 Å². The van der Waals surface area contributed by atoms with E-state index in [1.807, 2.05) is 0 Å². The fourth-order valence-electron chi connectivity index (χ4n) is 0.720. The molecular formula is C7H10BP. The highest BCUT2D eigenvalue weighted by Crippen LogP contribution is 2.02. The minimum atomic E-state index is 0.926. The van der Waals surface area contributed by atoms with Gasteiger partial charge in [0.15, 0.2) is 0 Å². The number of rotatable bonds is 1. The molecule has 0 aliphatic heterocycles. The van der Waals surface area contributed by atoms with Crippen molar-refractivity contribution in [2.75, 3.05) is 0 Å². The van der Waals surface area contributed by atoms with Crippen molar-refractivity contribution in [1.29, 1.82) is 0 Å². The quantitative estimate of drug-likeness (QED) is 0.396. The molecule has 0 heterocycles. The normalized spacial score (nSPS) is 10.8. The number of hydrogen-bond acceptors (Lipinski definition) is 0. The maximum Gasteiger partial charge on any atom is 0.136 e. The van der Waals surface area contributed by atoms with Gasteiger partial charge < -0.3 is 0 Å². The highest BCUT2D eigenvalue weighted by molar-refractivity contribution is 7.73. The molecule has 0 N–H and O–H groups in total. The van der Waals surface area contributed by atoms with Crippen molar-refractivity contribution in [3.05, 3.63) is 29.8 Å². The van der Waals surface area contributed by atoms with E-state index in [0.29, 0.717) is 0 Å². The van der Waals surface area contributed by atoms with Gasteiger partial charge in [-0.25, -0.2) is 0 Å². The fraction of sp³-hybridized carbons (Fsp3) is 0.143. The van der Waals surface area contributed by atoms with Gasteiger partial charge in [0.25, 0.3) is 0 Å². The Bertz CT molecular complexity index is 181. The summed E-state index contributed by atoms with van der Waals surface area (Å²) in [6.07, 6.45) is 0. The zero-order valence-electron chi connectivity index (χ0n) is 5.81. The van der Waals surface area contributed by atoms with Gasteiger partial charge in [-0.1, -0.05) is 29.8 Å². The Hall–Kier alpha value is -0.285. The van der Waals surface area contributed by atoms with E-state index in [1.165, 1.54) is 10.9 Å². The summed E-state index contributed by atoms with van der Waals surface area (Å²) in [6, 6.07) is 8.69. The molecule has 1 aromatic rings. The average Bonchev–Trinajstić information content (AvgIpc) is 1.90. The van der Waals surface area contributed by atoms with E-state index >= 15 is 0 Å². The Morgan fingerprint density at radius 1 is 1.22 bits per heavy atom. The highest BCUT2D eigenvalue weighted by Gasteiger charge is 1.84. The predicted molar refractivity (Wildman–Crippen MR) is 47.7 cm³/mol. The molecule has 2 heteroatoms. The van der Waals surface area contributed by atoms with Crippen LogP contribution in [0.5, 0.6) is 0 Å². The molecule has 0 aliphatic rings. The Morgan fingerprint density at radius 2 is 1.78 bits per heavy atom. The van der Waals surface area contributed by atoms with Crippen molar-refractivity contribution in [2.24, 2.45) is 0 Å². The number of hydrogen-bond donors (Lipinski definition) is 0. The summed E-state index contributed by atoms with van der Waals surface area (Å²) in [5.74, 6) is 0. The molecule has 0 spiro atoms. The lowest BCUT2D eigenvalue weighted by Gasteiger charge is -1.94. The first-order valence-electron chi connectivity index (χ1n) is 3.07. The lowest BCUT2D eigenvalue weighted by atomic mass is 10.2. The van der Waals surface area contributed by atoms with Gasteiger partial charge in [0.05, 0.1) is 0 Å². The molecule has 0 fully saturated rings. The molecule has 0 aromatic heterocycles. The Balaban J connectivity index is 2.88. The highest BCUT2D eigenvalue weighted by atomic mass is 31.1. The summed E-state index contributed by atoms with van der Waals surface area (Å²) in [7, 11) is 3.13. The molecule has 0 bridgehead atoms. The van der Waals surface area contributed by atoms with Crippen LogP contribution in [0.3, 0.4) is 0 Å². The van der Waals surface area contributed by atoms with Gasteiger partial charge in [0, 0.05) is 0 Å². The van der Waals surface area contributed by atoms with E-state index in [9.17, 15) is 0 Å². The van der Waals surface area contributed by atoms with Gasteiger partial charge in [-0.05, 0) is 12.2 Å². The SMILES string of the molecule is BPc1ccc(C)cc1. The van der Waals surface area contributed by atoms with Crippen LogP contribution in [0.4, 0.5) is 0 Å². The van der Waals surface area contributed by atoms with E-state index in [0.717, 1.165) is 8.46 Å². The average molecular weight is 136 g/mol. The van der Waals surface area contributed by atoms with Crippen LogP contribution in [0.2, 0.25) is 0 Å². The Morgan fingerprint density at radius 3 is 2.22 bits per heavy atom. The largest absolute Gasteiger partial charge is 0.136 e. The van der Waals surface area contributed by atoms with E-state index < -0.39 is 0 Å². The van der Waals surface area contributed by atoms with Gasteiger partial charge in [0.2, 0.25) is 0 Å². The van der Waals surface area contributed by atoms with Crippen LogP contribution in [0, 0.1) is 6.92 Å². The Kier molecular flexibility index (Phi) is 2.30. The second kappa shape index (κ2) is 3.03. The van der Waals surface area contributed by atoms with Crippen LogP contribution < -0.4 is 5.30 Å². The molecule has 1 unspecified atom stereocenters. The summed E-state index contributed by atoms with van der Waals surface area (Å²) < 4.78 is 0. The topological polar surface area (TPSA) is 0 Å². The third kappa shape index (κ3) is 1.84. The molecule has 9 heavy (non-hydrogen) atoms. The first-order chi connectivity index (χ1) is 4.33. The lowest BCUT2D eigenvalue weighted by molar-refractivity contribution is 1.49. The van der Waals surface area contributed by atoms with Gasteiger partial charge in [-0.3, -0.25) is 0 Å². The standard InChI is InChI=1S/C7H10BP/c1-6-2-4-7(9-8)5-3-6/h2-5,9H,8H2,1H3. The minimum Gasteiger partial charge on any atom is -0.133 e. The molecule has 46 valence electrons. The molecule has 1 atom stereocenters. The van der Waals surface area contributed by atoms with Crippen LogP contribution in [0.25, 0.3) is 0 Å². The van der Waals surface area contributed by atoms with Crippen molar-refractivity contribution in [3.8, 4) is 0 Å². The van der Waals surface area contributed by atoms with Crippen molar-refractivity contribution in [1.82, 2.24) is 0 Å². The van der Waals surface area contributed by atoms with Crippen molar-refractivity contribution in [3.63, 3.8) is 0 Å². The summed E-state index contributed by atoms with van der Waals surface area (Å²) in [5.41, 5.74) is 1.34. The monoisotopic (exact) mass is 136 g/mol. The predicted octanol–water partition coefficient (Wildman–Crippen LogP) is 0.847. The van der Waals surface area contributed by atoms with Crippen molar-refractivity contribution in [2.45, 2.75) is 6.92 Å².